The zero-order chi connectivity index (χ0) is 21.1. The first kappa shape index (κ1) is 19.8. The Balaban J connectivity index is 1.32. The van der Waals surface area contributed by atoms with E-state index in [2.05, 4.69) is 20.3 Å². The fourth-order valence-electron chi connectivity index (χ4n) is 3.31. The van der Waals surface area contributed by atoms with Crippen LogP contribution in [0.2, 0.25) is 5.15 Å². The summed E-state index contributed by atoms with van der Waals surface area (Å²) in [6, 6.07) is 8.74. The molecule has 0 spiro atoms. The number of carbonyl (C=O) groups excluding carboxylic acids is 2. The van der Waals surface area contributed by atoms with E-state index in [1.54, 1.807) is 17.0 Å². The summed E-state index contributed by atoms with van der Waals surface area (Å²) in [6.07, 6.45) is 3.60. The number of nitrogens with one attached hydrogen (secondary N) is 1. The smallest absolute Gasteiger partial charge is 0.322 e. The maximum absolute atomic E-state index is 12.5. The number of nitrogens with zero attached hydrogens (tertiary/aromatic N) is 5. The van der Waals surface area contributed by atoms with Gasteiger partial charge in [0.2, 0.25) is 5.91 Å². The van der Waals surface area contributed by atoms with Gasteiger partial charge in [-0.2, -0.15) is 0 Å². The Morgan fingerprint density at radius 1 is 1.17 bits per heavy atom. The van der Waals surface area contributed by atoms with E-state index in [9.17, 15) is 9.59 Å². The van der Waals surface area contributed by atoms with E-state index in [4.69, 9.17) is 17.3 Å². The zero-order valence-electron chi connectivity index (χ0n) is 16.1. The molecule has 10 heteroatoms. The molecule has 0 unspecified atom stereocenters. The number of amides is 3. The van der Waals surface area contributed by atoms with Crippen LogP contribution in [0.4, 0.5) is 16.3 Å². The van der Waals surface area contributed by atoms with Gasteiger partial charge in [0.25, 0.3) is 0 Å². The molecule has 154 valence electrons. The monoisotopic (exact) mass is 425 g/mol. The van der Waals surface area contributed by atoms with Crippen LogP contribution in [0.1, 0.15) is 5.56 Å². The number of carbonyl (C=O) groups is 2. The van der Waals surface area contributed by atoms with Crippen LogP contribution in [-0.2, 0) is 11.2 Å². The van der Waals surface area contributed by atoms with Crippen molar-refractivity contribution in [2.24, 2.45) is 0 Å². The summed E-state index contributed by atoms with van der Waals surface area (Å²) in [5.41, 5.74) is 8.23. The number of rotatable bonds is 4. The number of anilines is 2. The van der Waals surface area contributed by atoms with E-state index < -0.39 is 0 Å². The van der Waals surface area contributed by atoms with Crippen LogP contribution in [-0.4, -0.2) is 62.9 Å². The summed E-state index contributed by atoms with van der Waals surface area (Å²) >= 11 is 5.75. The lowest BCUT2D eigenvalue weighted by Crippen LogP contribution is -2.53. The van der Waals surface area contributed by atoms with Crippen LogP contribution in [0.25, 0.3) is 10.9 Å². The van der Waals surface area contributed by atoms with Gasteiger partial charge in [-0.1, -0.05) is 17.7 Å². The first-order valence-corrected chi connectivity index (χ1v) is 9.82. The Hall–Kier alpha value is -3.46. The lowest BCUT2D eigenvalue weighted by atomic mass is 10.1. The molecule has 0 aliphatic carbocycles. The second kappa shape index (κ2) is 8.50. The predicted octanol–water partition coefficient (Wildman–Crippen LogP) is 2.18. The maximum atomic E-state index is 12.5. The van der Waals surface area contributed by atoms with E-state index in [-0.39, 0.29) is 18.5 Å². The summed E-state index contributed by atoms with van der Waals surface area (Å²) in [6.45, 7) is 1.55. The highest BCUT2D eigenvalue weighted by molar-refractivity contribution is 6.29. The Kier molecular flexibility index (Phi) is 5.62. The first-order chi connectivity index (χ1) is 14.5. The van der Waals surface area contributed by atoms with Crippen LogP contribution >= 0.6 is 11.6 Å². The molecule has 3 amide bonds. The number of hydrogen-bond acceptors (Lipinski definition) is 6. The average molecular weight is 426 g/mol. The summed E-state index contributed by atoms with van der Waals surface area (Å²) in [5, 5.41) is 3.89. The molecule has 0 bridgehead atoms. The third kappa shape index (κ3) is 4.41. The second-order valence-electron chi connectivity index (χ2n) is 6.96. The number of fused-ring (bicyclic) bond motifs is 1. The van der Waals surface area contributed by atoms with Crippen LogP contribution in [0.15, 0.2) is 42.9 Å². The molecule has 1 aliphatic heterocycles. The highest BCUT2D eigenvalue weighted by Crippen LogP contribution is 2.18. The number of benzene rings is 1. The standard InChI is InChI=1S/C20H20ClN7O2/c21-17-4-2-14(10-23-17)26-20(30)28-8-7-27(18(29)11-28)6-5-13-1-3-15-16(9-13)24-12-25-19(15)22/h1-4,9-10,12H,5-8,11H2,(H,26,30)(H2,22,24,25). The number of piperazine rings is 1. The minimum absolute atomic E-state index is 0.0360. The number of pyridine rings is 1. The van der Waals surface area contributed by atoms with Gasteiger partial charge in [0.15, 0.2) is 0 Å². The number of hydrogen-bond donors (Lipinski definition) is 2. The molecule has 2 aromatic heterocycles. The molecule has 1 fully saturated rings. The van der Waals surface area contributed by atoms with Crippen molar-refractivity contribution in [1.29, 1.82) is 0 Å². The van der Waals surface area contributed by atoms with E-state index in [1.165, 1.54) is 17.4 Å². The number of aromatic nitrogens is 3. The molecule has 4 rings (SSSR count). The Bertz CT molecular complexity index is 1090. The quantitative estimate of drug-likeness (QED) is 0.618. The molecule has 3 heterocycles. The summed E-state index contributed by atoms with van der Waals surface area (Å²) in [7, 11) is 0. The van der Waals surface area contributed by atoms with Gasteiger partial charge in [-0.25, -0.2) is 19.7 Å². The molecule has 0 radical (unpaired) electrons. The highest BCUT2D eigenvalue weighted by Gasteiger charge is 2.27. The molecule has 1 aliphatic rings. The van der Waals surface area contributed by atoms with E-state index in [0.29, 0.717) is 42.7 Å². The van der Waals surface area contributed by atoms with Crippen molar-refractivity contribution in [3.05, 3.63) is 53.6 Å². The first-order valence-electron chi connectivity index (χ1n) is 9.44. The summed E-state index contributed by atoms with van der Waals surface area (Å²) in [5.74, 6) is 0.364. The fourth-order valence-corrected chi connectivity index (χ4v) is 3.43. The molecular formula is C20H20ClN7O2. The minimum Gasteiger partial charge on any atom is -0.383 e. The fraction of sp³-hybridized carbons (Fsp3) is 0.250. The summed E-state index contributed by atoms with van der Waals surface area (Å²) < 4.78 is 0. The zero-order valence-corrected chi connectivity index (χ0v) is 16.8. The van der Waals surface area contributed by atoms with Gasteiger partial charge in [0, 0.05) is 25.0 Å². The third-order valence-electron chi connectivity index (χ3n) is 4.99. The van der Waals surface area contributed by atoms with Crippen molar-refractivity contribution in [2.75, 3.05) is 37.2 Å². The number of halogens is 1. The van der Waals surface area contributed by atoms with E-state index in [0.717, 1.165) is 16.5 Å². The average Bonchev–Trinajstić information content (AvgIpc) is 2.74. The number of nitrogen functional groups attached to an aromatic ring is 1. The van der Waals surface area contributed by atoms with Crippen molar-refractivity contribution in [2.45, 2.75) is 6.42 Å². The number of urea groups is 1. The van der Waals surface area contributed by atoms with Crippen LogP contribution in [0.5, 0.6) is 0 Å². The molecule has 1 aromatic carbocycles. The molecule has 3 N–H and O–H groups in total. The van der Waals surface area contributed by atoms with Crippen molar-refractivity contribution in [3.63, 3.8) is 0 Å². The lowest BCUT2D eigenvalue weighted by Gasteiger charge is -2.34. The van der Waals surface area contributed by atoms with Crippen LogP contribution in [0, 0.1) is 0 Å². The number of nitrogens with two attached hydrogens (primary N) is 1. The molecule has 0 saturated carbocycles. The van der Waals surface area contributed by atoms with E-state index >= 15 is 0 Å². The van der Waals surface area contributed by atoms with Gasteiger partial charge in [-0.05, 0) is 36.2 Å². The Morgan fingerprint density at radius 3 is 2.80 bits per heavy atom. The third-order valence-corrected chi connectivity index (χ3v) is 5.21. The van der Waals surface area contributed by atoms with Crippen LogP contribution in [0.3, 0.4) is 0 Å². The van der Waals surface area contributed by atoms with Gasteiger partial charge in [-0.3, -0.25) is 4.79 Å². The van der Waals surface area contributed by atoms with Crippen LogP contribution < -0.4 is 11.1 Å². The molecule has 1 saturated heterocycles. The molecule has 0 atom stereocenters. The largest absolute Gasteiger partial charge is 0.383 e. The van der Waals surface area contributed by atoms with Crippen molar-refractivity contribution < 1.29 is 9.59 Å². The van der Waals surface area contributed by atoms with Gasteiger partial charge >= 0.3 is 6.03 Å². The normalized spacial score (nSPS) is 14.2. The Morgan fingerprint density at radius 2 is 2.03 bits per heavy atom. The van der Waals surface area contributed by atoms with Crippen molar-refractivity contribution in [1.82, 2.24) is 24.8 Å². The lowest BCUT2D eigenvalue weighted by molar-refractivity contribution is -0.134. The topological polar surface area (TPSA) is 117 Å². The summed E-state index contributed by atoms with van der Waals surface area (Å²) in [4.78, 5) is 40.3. The van der Waals surface area contributed by atoms with Gasteiger partial charge < -0.3 is 20.9 Å². The second-order valence-corrected chi connectivity index (χ2v) is 7.35. The molecular weight excluding hydrogens is 406 g/mol. The van der Waals surface area contributed by atoms with Gasteiger partial charge in [0.05, 0.1) is 17.4 Å². The minimum atomic E-state index is -0.334. The predicted molar refractivity (Wildman–Crippen MR) is 114 cm³/mol. The van der Waals surface area contributed by atoms with E-state index in [1.807, 2.05) is 18.2 Å². The highest BCUT2D eigenvalue weighted by atomic mass is 35.5. The molecule has 30 heavy (non-hydrogen) atoms. The maximum Gasteiger partial charge on any atom is 0.322 e. The SMILES string of the molecule is Nc1ncnc2cc(CCN3CCN(C(=O)Nc4ccc(Cl)nc4)CC3=O)ccc12. The Labute approximate surface area is 177 Å². The van der Waals surface area contributed by atoms with Crippen molar-refractivity contribution >= 4 is 45.9 Å². The molecule has 9 nitrogen and oxygen atoms in total. The van der Waals surface area contributed by atoms with Crippen molar-refractivity contribution in [3.8, 4) is 0 Å². The van der Waals surface area contributed by atoms with Gasteiger partial charge in [-0.15, -0.1) is 0 Å². The molecule has 3 aromatic rings. The van der Waals surface area contributed by atoms with Gasteiger partial charge in [0.1, 0.15) is 23.8 Å².